The molecule has 0 N–H and O–H groups in total. The summed E-state index contributed by atoms with van der Waals surface area (Å²) in [7, 11) is 0. The number of aromatic nitrogens is 2. The van der Waals surface area contributed by atoms with E-state index in [0.717, 1.165) is 10.5 Å². The fourth-order valence-corrected chi connectivity index (χ4v) is 3.96. The topological polar surface area (TPSA) is 17.8 Å². The zero-order chi connectivity index (χ0) is 15.5. The number of hydrogen-bond donors (Lipinski definition) is 0. The molecule has 1 heterocycles. The molecule has 6 heteroatoms. The van der Waals surface area contributed by atoms with E-state index in [0.29, 0.717) is 15.1 Å². The van der Waals surface area contributed by atoms with Crippen LogP contribution in [0.15, 0.2) is 66.1 Å². The first-order chi connectivity index (χ1) is 10.7. The number of imidazole rings is 1. The first-order valence-corrected chi connectivity index (χ1v) is 8.50. The average Bonchev–Trinajstić information content (AvgIpc) is 3.04. The molecule has 0 aliphatic carbocycles. The van der Waals surface area contributed by atoms with E-state index in [9.17, 15) is 0 Å². The van der Waals surface area contributed by atoms with Gasteiger partial charge in [0.15, 0.2) is 0 Å². The van der Waals surface area contributed by atoms with Gasteiger partial charge in [0.05, 0.1) is 21.4 Å². The number of rotatable bonds is 4. The van der Waals surface area contributed by atoms with E-state index in [1.165, 1.54) is 0 Å². The van der Waals surface area contributed by atoms with Crippen LogP contribution >= 0.6 is 46.6 Å². The SMILES string of the molecule is Clc1ccccc1SC(c1cccc(Cl)c1Cl)n1ccnc1. The van der Waals surface area contributed by atoms with E-state index in [4.69, 9.17) is 34.8 Å². The molecule has 2 aromatic carbocycles. The summed E-state index contributed by atoms with van der Waals surface area (Å²) in [6, 6.07) is 13.3. The Bertz CT molecular complexity index is 775. The summed E-state index contributed by atoms with van der Waals surface area (Å²) in [5.74, 6) is 0. The molecule has 0 aliphatic heterocycles. The van der Waals surface area contributed by atoms with Gasteiger partial charge < -0.3 is 4.57 Å². The van der Waals surface area contributed by atoms with E-state index in [2.05, 4.69) is 4.98 Å². The highest BCUT2D eigenvalue weighted by molar-refractivity contribution is 7.99. The number of thioether (sulfide) groups is 1. The number of benzene rings is 2. The van der Waals surface area contributed by atoms with E-state index >= 15 is 0 Å². The highest BCUT2D eigenvalue weighted by Gasteiger charge is 2.20. The fourth-order valence-electron chi connectivity index (χ4n) is 2.06. The summed E-state index contributed by atoms with van der Waals surface area (Å²) in [6.45, 7) is 0. The smallest absolute Gasteiger partial charge is 0.112 e. The van der Waals surface area contributed by atoms with Gasteiger partial charge in [0.1, 0.15) is 5.37 Å². The van der Waals surface area contributed by atoms with Crippen LogP contribution in [0, 0.1) is 0 Å². The Morgan fingerprint density at radius 1 is 0.955 bits per heavy atom. The maximum atomic E-state index is 6.40. The molecule has 0 radical (unpaired) electrons. The van der Waals surface area contributed by atoms with Crippen LogP contribution in [0.3, 0.4) is 0 Å². The van der Waals surface area contributed by atoms with Gasteiger partial charge in [-0.05, 0) is 18.2 Å². The molecule has 1 atom stereocenters. The maximum Gasteiger partial charge on any atom is 0.112 e. The van der Waals surface area contributed by atoms with Gasteiger partial charge in [-0.2, -0.15) is 0 Å². The molecular weight excluding hydrogens is 359 g/mol. The van der Waals surface area contributed by atoms with Crippen molar-refractivity contribution in [1.82, 2.24) is 9.55 Å². The van der Waals surface area contributed by atoms with Crippen molar-refractivity contribution in [2.45, 2.75) is 10.3 Å². The molecule has 0 amide bonds. The van der Waals surface area contributed by atoms with Gasteiger partial charge in [0, 0.05) is 22.9 Å². The van der Waals surface area contributed by atoms with Crippen LogP contribution in [0.25, 0.3) is 0 Å². The third-order valence-corrected chi connectivity index (χ3v) is 5.72. The van der Waals surface area contributed by atoms with Gasteiger partial charge in [0.2, 0.25) is 0 Å². The first kappa shape index (κ1) is 15.8. The van der Waals surface area contributed by atoms with Crippen molar-refractivity contribution in [1.29, 1.82) is 0 Å². The Morgan fingerprint density at radius 2 is 1.73 bits per heavy atom. The summed E-state index contributed by atoms with van der Waals surface area (Å²) in [4.78, 5) is 5.10. The largest absolute Gasteiger partial charge is 0.320 e. The molecule has 3 aromatic rings. The molecule has 3 rings (SSSR count). The molecule has 0 aliphatic rings. The highest BCUT2D eigenvalue weighted by atomic mass is 35.5. The van der Waals surface area contributed by atoms with Crippen molar-refractivity contribution in [2.75, 3.05) is 0 Å². The van der Waals surface area contributed by atoms with Crippen LogP contribution in [0.1, 0.15) is 10.9 Å². The van der Waals surface area contributed by atoms with Gasteiger partial charge in [-0.3, -0.25) is 0 Å². The lowest BCUT2D eigenvalue weighted by molar-refractivity contribution is 0.775. The Labute approximate surface area is 148 Å². The van der Waals surface area contributed by atoms with E-state index in [1.54, 1.807) is 30.4 Å². The van der Waals surface area contributed by atoms with Gasteiger partial charge in [0.25, 0.3) is 0 Å². The van der Waals surface area contributed by atoms with Crippen LogP contribution in [0.5, 0.6) is 0 Å². The zero-order valence-electron chi connectivity index (χ0n) is 11.3. The van der Waals surface area contributed by atoms with Crippen molar-refractivity contribution in [3.8, 4) is 0 Å². The molecule has 0 spiro atoms. The van der Waals surface area contributed by atoms with Crippen LogP contribution in [-0.4, -0.2) is 9.55 Å². The maximum absolute atomic E-state index is 6.40. The zero-order valence-corrected chi connectivity index (χ0v) is 14.4. The second kappa shape index (κ2) is 6.97. The van der Waals surface area contributed by atoms with Crippen LogP contribution in [-0.2, 0) is 0 Å². The monoisotopic (exact) mass is 368 g/mol. The van der Waals surface area contributed by atoms with Gasteiger partial charge >= 0.3 is 0 Å². The second-order valence-electron chi connectivity index (χ2n) is 4.55. The average molecular weight is 370 g/mol. The molecular formula is C16H11Cl3N2S. The predicted octanol–water partition coefficient (Wildman–Crippen LogP) is 6.18. The molecule has 112 valence electrons. The van der Waals surface area contributed by atoms with Crippen molar-refractivity contribution < 1.29 is 0 Å². The molecule has 0 saturated heterocycles. The summed E-state index contributed by atoms with van der Waals surface area (Å²) in [5.41, 5.74) is 0.914. The quantitative estimate of drug-likeness (QED) is 0.511. The first-order valence-electron chi connectivity index (χ1n) is 6.49. The van der Waals surface area contributed by atoms with Gasteiger partial charge in [-0.25, -0.2) is 4.98 Å². The van der Waals surface area contributed by atoms with Crippen molar-refractivity contribution >= 4 is 46.6 Å². The molecule has 1 aromatic heterocycles. The molecule has 0 saturated carbocycles. The van der Waals surface area contributed by atoms with Crippen LogP contribution in [0.2, 0.25) is 15.1 Å². The highest BCUT2D eigenvalue weighted by Crippen LogP contribution is 2.43. The third-order valence-electron chi connectivity index (χ3n) is 3.12. The number of hydrogen-bond acceptors (Lipinski definition) is 2. The summed E-state index contributed by atoms with van der Waals surface area (Å²) >= 11 is 20.4. The minimum Gasteiger partial charge on any atom is -0.320 e. The summed E-state index contributed by atoms with van der Waals surface area (Å²) < 4.78 is 1.98. The van der Waals surface area contributed by atoms with Crippen LogP contribution in [0.4, 0.5) is 0 Å². The van der Waals surface area contributed by atoms with E-state index < -0.39 is 0 Å². The Morgan fingerprint density at radius 3 is 2.45 bits per heavy atom. The molecule has 2 nitrogen and oxygen atoms in total. The Balaban J connectivity index is 2.05. The molecule has 1 unspecified atom stereocenters. The summed E-state index contributed by atoms with van der Waals surface area (Å²) in [5, 5.41) is 1.68. The lowest BCUT2D eigenvalue weighted by Crippen LogP contribution is -2.06. The van der Waals surface area contributed by atoms with Crippen molar-refractivity contribution in [3.63, 3.8) is 0 Å². The third kappa shape index (κ3) is 3.28. The number of halogens is 3. The van der Waals surface area contributed by atoms with Crippen molar-refractivity contribution in [2.24, 2.45) is 0 Å². The van der Waals surface area contributed by atoms with E-state index in [-0.39, 0.29) is 5.37 Å². The minimum absolute atomic E-state index is 0.103. The van der Waals surface area contributed by atoms with Gasteiger partial charge in [-0.1, -0.05) is 70.8 Å². The molecule has 0 bridgehead atoms. The summed E-state index contributed by atoms with van der Waals surface area (Å²) in [6.07, 6.45) is 5.39. The second-order valence-corrected chi connectivity index (χ2v) is 6.87. The van der Waals surface area contributed by atoms with Crippen LogP contribution < -0.4 is 0 Å². The lowest BCUT2D eigenvalue weighted by Gasteiger charge is -2.20. The fraction of sp³-hybridized carbons (Fsp3) is 0.0625. The Hall–Kier alpha value is -1.13. The number of nitrogens with zero attached hydrogens (tertiary/aromatic N) is 2. The normalized spacial score (nSPS) is 12.3. The van der Waals surface area contributed by atoms with Gasteiger partial charge in [-0.15, -0.1) is 0 Å². The Kier molecular flexibility index (Phi) is 4.99. The lowest BCUT2D eigenvalue weighted by atomic mass is 10.2. The minimum atomic E-state index is -0.103. The van der Waals surface area contributed by atoms with E-state index in [1.807, 2.05) is 47.2 Å². The predicted molar refractivity (Wildman–Crippen MR) is 94.1 cm³/mol. The standard InChI is InChI=1S/C16H11Cl3N2S/c17-12-5-1-2-7-14(12)22-16(21-9-8-20-10-21)11-4-3-6-13(18)15(11)19/h1-10,16H. The molecule has 22 heavy (non-hydrogen) atoms. The van der Waals surface area contributed by atoms with Crippen molar-refractivity contribution in [3.05, 3.63) is 81.8 Å². The molecule has 0 fully saturated rings.